The molecule has 0 unspecified atom stereocenters. The minimum absolute atomic E-state index is 0.131. The van der Waals surface area contributed by atoms with E-state index in [0.29, 0.717) is 0 Å². The summed E-state index contributed by atoms with van der Waals surface area (Å²) in [5, 5.41) is 11.0. The van der Waals surface area contributed by atoms with Crippen LogP contribution in [0.1, 0.15) is 13.8 Å². The van der Waals surface area contributed by atoms with Crippen LogP contribution in [0.15, 0.2) is 5.16 Å². The van der Waals surface area contributed by atoms with Crippen molar-refractivity contribution in [3.05, 3.63) is 0 Å². The van der Waals surface area contributed by atoms with Gasteiger partial charge < -0.3 is 15.8 Å². The Morgan fingerprint density at radius 1 is 1.50 bits per heavy atom. The van der Waals surface area contributed by atoms with E-state index in [1.54, 1.807) is 0 Å². The van der Waals surface area contributed by atoms with Crippen molar-refractivity contribution < 1.29 is 18.4 Å². The number of likely N-dealkylation sites (N-methyl/N-ethyl adjacent to an activating group) is 1. The van der Waals surface area contributed by atoms with Crippen LogP contribution in [0.25, 0.3) is 0 Å². The zero-order valence-corrected chi connectivity index (χ0v) is 10.6. The van der Waals surface area contributed by atoms with Crippen LogP contribution >= 0.6 is 0 Å². The molecule has 0 aliphatic heterocycles. The van der Waals surface area contributed by atoms with Gasteiger partial charge in [-0.15, -0.1) is 0 Å². The van der Waals surface area contributed by atoms with Crippen LogP contribution in [0.4, 0.5) is 0 Å². The fourth-order valence-electron chi connectivity index (χ4n) is 0.965. The van der Waals surface area contributed by atoms with Gasteiger partial charge in [-0.05, 0) is 13.8 Å². The first kappa shape index (κ1) is 14.7. The van der Waals surface area contributed by atoms with E-state index in [9.17, 15) is 13.2 Å². The van der Waals surface area contributed by atoms with Crippen molar-refractivity contribution in [1.82, 2.24) is 4.90 Å². The minimum atomic E-state index is -3.52. The SMILES string of the molecule is CN(CC(N)=NO)C(=O)C(C)(C)S(C)(=O)=O. The van der Waals surface area contributed by atoms with Crippen LogP contribution in [0, 0.1) is 0 Å². The van der Waals surface area contributed by atoms with Crippen LogP contribution in [-0.2, 0) is 14.6 Å². The lowest BCUT2D eigenvalue weighted by atomic mass is 10.2. The third-order valence-electron chi connectivity index (χ3n) is 2.32. The maximum atomic E-state index is 11.8. The Morgan fingerprint density at radius 3 is 2.25 bits per heavy atom. The van der Waals surface area contributed by atoms with E-state index < -0.39 is 20.5 Å². The number of hydrogen-bond acceptors (Lipinski definition) is 5. The van der Waals surface area contributed by atoms with Gasteiger partial charge in [0.25, 0.3) is 0 Å². The lowest BCUT2D eigenvalue weighted by molar-refractivity contribution is -0.131. The number of oxime groups is 1. The zero-order chi connectivity index (χ0) is 13.1. The average Bonchev–Trinajstić information content (AvgIpc) is 2.14. The summed E-state index contributed by atoms with van der Waals surface area (Å²) in [6, 6.07) is 0. The summed E-state index contributed by atoms with van der Waals surface area (Å²) in [5.74, 6) is -0.776. The number of carbonyl (C=O) groups excluding carboxylic acids is 1. The number of amidine groups is 1. The van der Waals surface area contributed by atoms with Crippen molar-refractivity contribution in [2.45, 2.75) is 18.6 Å². The monoisotopic (exact) mass is 251 g/mol. The second-order valence-electron chi connectivity index (χ2n) is 4.04. The standard InChI is InChI=1S/C8H17N3O4S/c1-8(2,16(4,14)15)7(12)11(3)5-6(9)10-13/h13H,5H2,1-4H3,(H2,9,10). The Bertz CT molecular complexity index is 400. The fourth-order valence-corrected chi connectivity index (χ4v) is 1.44. The third kappa shape index (κ3) is 3.09. The van der Waals surface area contributed by atoms with Crippen LogP contribution in [0.5, 0.6) is 0 Å². The number of nitrogens with zero attached hydrogens (tertiary/aromatic N) is 2. The van der Waals surface area contributed by atoms with Crippen molar-refractivity contribution in [3.8, 4) is 0 Å². The first-order chi connectivity index (χ1) is 7.04. The first-order valence-corrected chi connectivity index (χ1v) is 6.34. The van der Waals surface area contributed by atoms with Crippen LogP contribution in [-0.4, -0.2) is 54.9 Å². The maximum absolute atomic E-state index is 11.8. The molecular weight excluding hydrogens is 234 g/mol. The molecule has 0 saturated carbocycles. The zero-order valence-electron chi connectivity index (χ0n) is 9.76. The highest BCUT2D eigenvalue weighted by molar-refractivity contribution is 7.92. The van der Waals surface area contributed by atoms with Crippen molar-refractivity contribution in [2.75, 3.05) is 19.8 Å². The summed E-state index contributed by atoms with van der Waals surface area (Å²) in [6.07, 6.45) is 0.988. The molecule has 3 N–H and O–H groups in total. The molecule has 0 aromatic rings. The van der Waals surface area contributed by atoms with E-state index in [-0.39, 0.29) is 12.4 Å². The Morgan fingerprint density at radius 2 is 1.94 bits per heavy atom. The molecule has 1 amide bonds. The topological polar surface area (TPSA) is 113 Å². The second kappa shape index (κ2) is 4.69. The van der Waals surface area contributed by atoms with Gasteiger partial charge in [-0.2, -0.15) is 0 Å². The molecule has 0 aromatic heterocycles. The predicted molar refractivity (Wildman–Crippen MR) is 60.0 cm³/mol. The van der Waals surface area contributed by atoms with Gasteiger partial charge >= 0.3 is 0 Å². The average molecular weight is 251 g/mol. The summed E-state index contributed by atoms with van der Waals surface area (Å²) in [6.45, 7) is 2.50. The molecule has 0 fully saturated rings. The van der Waals surface area contributed by atoms with Crippen LogP contribution < -0.4 is 5.73 Å². The number of amides is 1. The van der Waals surface area contributed by atoms with Crippen molar-refractivity contribution in [1.29, 1.82) is 0 Å². The molecule has 0 heterocycles. The smallest absolute Gasteiger partial charge is 0.243 e. The first-order valence-electron chi connectivity index (χ1n) is 4.45. The minimum Gasteiger partial charge on any atom is -0.409 e. The summed E-state index contributed by atoms with van der Waals surface area (Å²) < 4.78 is 21.3. The van der Waals surface area contributed by atoms with Crippen molar-refractivity contribution in [2.24, 2.45) is 10.9 Å². The largest absolute Gasteiger partial charge is 0.409 e. The quantitative estimate of drug-likeness (QED) is 0.288. The summed E-state index contributed by atoms with van der Waals surface area (Å²) >= 11 is 0. The Balaban J connectivity index is 4.95. The van der Waals surface area contributed by atoms with E-state index in [0.717, 1.165) is 11.2 Å². The van der Waals surface area contributed by atoms with E-state index in [4.69, 9.17) is 10.9 Å². The van der Waals surface area contributed by atoms with E-state index in [2.05, 4.69) is 5.16 Å². The molecule has 0 bridgehead atoms. The van der Waals surface area contributed by atoms with E-state index in [1.807, 2.05) is 0 Å². The Kier molecular flexibility index (Phi) is 4.30. The molecule has 0 rings (SSSR count). The molecule has 16 heavy (non-hydrogen) atoms. The molecule has 0 saturated heterocycles. The fraction of sp³-hybridized carbons (Fsp3) is 0.750. The molecule has 0 aromatic carbocycles. The van der Waals surface area contributed by atoms with Crippen LogP contribution in [0.2, 0.25) is 0 Å². The number of sulfone groups is 1. The maximum Gasteiger partial charge on any atom is 0.243 e. The van der Waals surface area contributed by atoms with E-state index >= 15 is 0 Å². The van der Waals surface area contributed by atoms with E-state index in [1.165, 1.54) is 20.9 Å². The molecule has 7 nitrogen and oxygen atoms in total. The molecule has 0 aliphatic carbocycles. The summed E-state index contributed by atoms with van der Waals surface area (Å²) in [5.41, 5.74) is 5.22. The van der Waals surface area contributed by atoms with Crippen LogP contribution in [0.3, 0.4) is 0 Å². The second-order valence-corrected chi connectivity index (χ2v) is 6.60. The Hall–Kier alpha value is -1.31. The highest BCUT2D eigenvalue weighted by Gasteiger charge is 2.40. The lowest BCUT2D eigenvalue weighted by Gasteiger charge is -2.27. The summed E-state index contributed by atoms with van der Waals surface area (Å²) in [7, 11) is -2.14. The van der Waals surface area contributed by atoms with Gasteiger partial charge in [-0.3, -0.25) is 4.79 Å². The molecule has 8 heteroatoms. The third-order valence-corrected chi connectivity index (χ3v) is 4.34. The lowest BCUT2D eigenvalue weighted by Crippen LogP contribution is -2.50. The normalized spacial score (nSPS) is 13.6. The summed E-state index contributed by atoms with van der Waals surface area (Å²) in [4.78, 5) is 12.9. The number of nitrogens with two attached hydrogens (primary N) is 1. The highest BCUT2D eigenvalue weighted by Crippen LogP contribution is 2.17. The Labute approximate surface area is 94.8 Å². The van der Waals surface area contributed by atoms with Gasteiger partial charge in [0.1, 0.15) is 4.75 Å². The predicted octanol–water partition coefficient (Wildman–Crippen LogP) is -0.986. The van der Waals surface area contributed by atoms with Gasteiger partial charge in [0, 0.05) is 13.3 Å². The van der Waals surface area contributed by atoms with Gasteiger partial charge in [-0.1, -0.05) is 5.16 Å². The van der Waals surface area contributed by atoms with Gasteiger partial charge in [0.15, 0.2) is 15.7 Å². The molecule has 0 atom stereocenters. The molecule has 0 radical (unpaired) electrons. The van der Waals surface area contributed by atoms with Gasteiger partial charge in [0.05, 0.1) is 6.54 Å². The van der Waals surface area contributed by atoms with Crippen molar-refractivity contribution in [3.63, 3.8) is 0 Å². The highest BCUT2D eigenvalue weighted by atomic mass is 32.2. The molecule has 94 valence electrons. The molecule has 0 spiro atoms. The molecular formula is C8H17N3O4S. The van der Waals surface area contributed by atoms with Crippen molar-refractivity contribution >= 4 is 21.6 Å². The number of carbonyl (C=O) groups is 1. The molecule has 0 aliphatic rings. The van der Waals surface area contributed by atoms with Gasteiger partial charge in [0.2, 0.25) is 5.91 Å². The van der Waals surface area contributed by atoms with Gasteiger partial charge in [-0.25, -0.2) is 8.42 Å². The number of rotatable bonds is 4. The number of hydrogen-bond donors (Lipinski definition) is 2.